The van der Waals surface area contributed by atoms with Crippen LogP contribution in [0.5, 0.6) is 0 Å². The molecule has 0 aromatic heterocycles. The molecule has 0 fully saturated rings. The maximum Gasteiger partial charge on any atom is 0.0950 e. The van der Waals surface area contributed by atoms with Crippen molar-refractivity contribution in [3.63, 3.8) is 0 Å². The van der Waals surface area contributed by atoms with E-state index in [2.05, 4.69) is 18.0 Å². The third-order valence-corrected chi connectivity index (χ3v) is 1.30. The van der Waals surface area contributed by atoms with Gasteiger partial charge in [0.05, 0.1) is 12.1 Å². The van der Waals surface area contributed by atoms with Crippen molar-refractivity contribution in [3.8, 4) is 6.07 Å². The molecule has 0 aliphatic rings. The van der Waals surface area contributed by atoms with Crippen molar-refractivity contribution < 1.29 is 0 Å². The van der Waals surface area contributed by atoms with Crippen LogP contribution >= 0.6 is 0 Å². The number of rotatable bonds is 5. The van der Waals surface area contributed by atoms with E-state index in [1.165, 1.54) is 0 Å². The first kappa shape index (κ1) is 9.19. The summed E-state index contributed by atoms with van der Waals surface area (Å²) < 4.78 is 0. The lowest BCUT2D eigenvalue weighted by molar-refractivity contribution is 0.593. The van der Waals surface area contributed by atoms with E-state index in [9.17, 15) is 0 Å². The van der Waals surface area contributed by atoms with E-state index in [4.69, 9.17) is 5.26 Å². The number of hydrogen-bond acceptors (Lipinski definition) is 2. The maximum atomic E-state index is 8.49. The highest BCUT2D eigenvalue weighted by atomic mass is 14.9. The predicted octanol–water partition coefficient (Wildman–Crippen LogP) is 1.45. The Hall–Kier alpha value is -0.810. The third kappa shape index (κ3) is 4.11. The molecule has 0 saturated carbocycles. The first-order valence-corrected chi connectivity index (χ1v) is 3.59. The molecule has 1 N–H and O–H groups in total. The van der Waals surface area contributed by atoms with Gasteiger partial charge in [-0.05, 0) is 19.4 Å². The van der Waals surface area contributed by atoms with Crippen molar-refractivity contribution in [2.45, 2.75) is 25.8 Å². The zero-order valence-electron chi connectivity index (χ0n) is 6.43. The topological polar surface area (TPSA) is 35.8 Å². The number of hydrogen-bond donors (Lipinski definition) is 1. The van der Waals surface area contributed by atoms with Crippen LogP contribution in [0.25, 0.3) is 0 Å². The molecule has 1 atom stereocenters. The predicted molar refractivity (Wildman–Crippen MR) is 42.5 cm³/mol. The fraction of sp³-hybridized carbons (Fsp3) is 0.625. The van der Waals surface area contributed by atoms with E-state index in [0.29, 0.717) is 0 Å². The van der Waals surface area contributed by atoms with Gasteiger partial charge in [-0.25, -0.2) is 0 Å². The second-order valence-electron chi connectivity index (χ2n) is 2.12. The average molecular weight is 138 g/mol. The van der Waals surface area contributed by atoms with Crippen molar-refractivity contribution in [3.05, 3.63) is 12.7 Å². The molecule has 1 unspecified atom stereocenters. The van der Waals surface area contributed by atoms with Crippen LogP contribution in [0.15, 0.2) is 12.7 Å². The summed E-state index contributed by atoms with van der Waals surface area (Å²) in [4.78, 5) is 0. The van der Waals surface area contributed by atoms with Crippen LogP contribution in [0.2, 0.25) is 0 Å². The molecule has 56 valence electrons. The second-order valence-corrected chi connectivity index (χ2v) is 2.12. The molecule has 0 aromatic carbocycles. The number of nitrogens with zero attached hydrogens (tertiary/aromatic N) is 1. The molecular formula is C8H14N2. The Morgan fingerprint density at radius 2 is 2.50 bits per heavy atom. The summed E-state index contributed by atoms with van der Waals surface area (Å²) in [6.07, 6.45) is 3.64. The average Bonchev–Trinajstić information content (AvgIpc) is 1.99. The molecule has 0 bridgehead atoms. The molecule has 0 spiro atoms. The SMILES string of the molecule is C=CCCNC(C#N)CC. The number of nitrogens with one attached hydrogen (secondary N) is 1. The zero-order chi connectivity index (χ0) is 7.82. The maximum absolute atomic E-state index is 8.49. The third-order valence-electron chi connectivity index (χ3n) is 1.30. The van der Waals surface area contributed by atoms with E-state index in [1.807, 2.05) is 13.0 Å². The molecule has 2 nitrogen and oxygen atoms in total. The first-order chi connectivity index (χ1) is 4.85. The Kier molecular flexibility index (Phi) is 5.80. The second kappa shape index (κ2) is 6.31. The Balaban J connectivity index is 3.28. The van der Waals surface area contributed by atoms with Crippen LogP contribution in [-0.4, -0.2) is 12.6 Å². The quantitative estimate of drug-likeness (QED) is 0.461. The van der Waals surface area contributed by atoms with Crippen LogP contribution in [0.4, 0.5) is 0 Å². The minimum absolute atomic E-state index is 0.0138. The van der Waals surface area contributed by atoms with Crippen molar-refractivity contribution in [2.24, 2.45) is 0 Å². The molecule has 0 aliphatic heterocycles. The van der Waals surface area contributed by atoms with Crippen LogP contribution in [0, 0.1) is 11.3 Å². The Morgan fingerprint density at radius 1 is 1.80 bits per heavy atom. The monoisotopic (exact) mass is 138 g/mol. The molecule has 10 heavy (non-hydrogen) atoms. The Morgan fingerprint density at radius 3 is 2.90 bits per heavy atom. The molecule has 0 heterocycles. The minimum Gasteiger partial charge on any atom is -0.302 e. The Labute approximate surface area is 62.5 Å². The molecule has 0 aromatic rings. The van der Waals surface area contributed by atoms with Crippen molar-refractivity contribution in [1.82, 2.24) is 5.32 Å². The van der Waals surface area contributed by atoms with Gasteiger partial charge in [-0.15, -0.1) is 6.58 Å². The summed E-state index contributed by atoms with van der Waals surface area (Å²) in [7, 11) is 0. The van der Waals surface area contributed by atoms with E-state index >= 15 is 0 Å². The van der Waals surface area contributed by atoms with Gasteiger partial charge >= 0.3 is 0 Å². The lowest BCUT2D eigenvalue weighted by Gasteiger charge is -2.05. The smallest absolute Gasteiger partial charge is 0.0950 e. The van der Waals surface area contributed by atoms with Gasteiger partial charge < -0.3 is 5.32 Å². The summed E-state index contributed by atoms with van der Waals surface area (Å²) >= 11 is 0. The van der Waals surface area contributed by atoms with Crippen molar-refractivity contribution in [1.29, 1.82) is 5.26 Å². The summed E-state index contributed by atoms with van der Waals surface area (Å²) in [5.74, 6) is 0. The molecule has 0 aliphatic carbocycles. The van der Waals surface area contributed by atoms with Gasteiger partial charge in [-0.3, -0.25) is 0 Å². The van der Waals surface area contributed by atoms with Crippen molar-refractivity contribution in [2.75, 3.05) is 6.54 Å². The van der Waals surface area contributed by atoms with E-state index in [1.54, 1.807) is 0 Å². The van der Waals surface area contributed by atoms with Gasteiger partial charge in [0.15, 0.2) is 0 Å². The summed E-state index contributed by atoms with van der Waals surface area (Å²) in [6, 6.07) is 2.18. The van der Waals surface area contributed by atoms with Gasteiger partial charge in [0.1, 0.15) is 0 Å². The molecular weight excluding hydrogens is 124 g/mol. The van der Waals surface area contributed by atoms with Crippen molar-refractivity contribution >= 4 is 0 Å². The normalized spacial score (nSPS) is 12.0. The van der Waals surface area contributed by atoms with Crippen LogP contribution < -0.4 is 5.32 Å². The van der Waals surface area contributed by atoms with Gasteiger partial charge in [0.25, 0.3) is 0 Å². The lowest BCUT2D eigenvalue weighted by Crippen LogP contribution is -2.27. The zero-order valence-corrected chi connectivity index (χ0v) is 6.43. The largest absolute Gasteiger partial charge is 0.302 e. The standard InChI is InChI=1S/C8H14N2/c1-3-5-6-10-8(4-2)7-9/h3,8,10H,1,4-6H2,2H3. The minimum atomic E-state index is 0.0138. The van der Waals surface area contributed by atoms with Crippen LogP contribution in [0.1, 0.15) is 19.8 Å². The summed E-state index contributed by atoms with van der Waals surface area (Å²) in [5.41, 5.74) is 0. The van der Waals surface area contributed by atoms with E-state index in [0.717, 1.165) is 19.4 Å². The van der Waals surface area contributed by atoms with Crippen LogP contribution in [0.3, 0.4) is 0 Å². The molecule has 0 amide bonds. The first-order valence-electron chi connectivity index (χ1n) is 3.59. The lowest BCUT2D eigenvalue weighted by atomic mass is 10.2. The highest BCUT2D eigenvalue weighted by Crippen LogP contribution is 1.87. The Bertz CT molecular complexity index is 124. The molecule has 0 saturated heterocycles. The van der Waals surface area contributed by atoms with E-state index in [-0.39, 0.29) is 6.04 Å². The van der Waals surface area contributed by atoms with Crippen LogP contribution in [-0.2, 0) is 0 Å². The van der Waals surface area contributed by atoms with E-state index < -0.39 is 0 Å². The van der Waals surface area contributed by atoms with Gasteiger partial charge in [0, 0.05) is 0 Å². The fourth-order valence-electron chi connectivity index (χ4n) is 0.641. The summed E-state index contributed by atoms with van der Waals surface area (Å²) in [6.45, 7) is 6.44. The van der Waals surface area contributed by atoms with Gasteiger partial charge in [0.2, 0.25) is 0 Å². The molecule has 2 heteroatoms. The highest BCUT2D eigenvalue weighted by Gasteiger charge is 1.99. The molecule has 0 radical (unpaired) electrons. The highest BCUT2D eigenvalue weighted by molar-refractivity contribution is 4.88. The fourth-order valence-corrected chi connectivity index (χ4v) is 0.641. The number of nitriles is 1. The molecule has 0 rings (SSSR count). The van der Waals surface area contributed by atoms with Gasteiger partial charge in [-0.2, -0.15) is 5.26 Å². The van der Waals surface area contributed by atoms with Gasteiger partial charge in [-0.1, -0.05) is 13.0 Å². The summed E-state index contributed by atoms with van der Waals surface area (Å²) in [5, 5.41) is 11.6.